The Labute approximate surface area is 113 Å². The van der Waals surface area contributed by atoms with Gasteiger partial charge in [-0.25, -0.2) is 13.1 Å². The van der Waals surface area contributed by atoms with E-state index in [2.05, 4.69) is 9.88 Å². The first-order chi connectivity index (χ1) is 8.35. The summed E-state index contributed by atoms with van der Waals surface area (Å²) < 4.78 is 31.1. The molecule has 0 spiro atoms. The van der Waals surface area contributed by atoms with Crippen molar-refractivity contribution in [3.8, 4) is 0 Å². The number of nitrogens with zero attached hydrogens (tertiary/aromatic N) is 1. The molecule has 7 heteroatoms. The predicted octanol–water partition coefficient (Wildman–Crippen LogP) is 1.77. The molecule has 18 heavy (non-hydrogen) atoms. The van der Waals surface area contributed by atoms with Gasteiger partial charge in [0.2, 0.25) is 10.0 Å². The van der Waals surface area contributed by atoms with E-state index in [1.54, 1.807) is 0 Å². The summed E-state index contributed by atoms with van der Waals surface area (Å²) in [4.78, 5) is 0. The number of sulfonamides is 1. The quantitative estimate of drug-likeness (QED) is 0.778. The molecule has 0 saturated carbocycles. The van der Waals surface area contributed by atoms with Crippen LogP contribution in [0.15, 0.2) is 4.52 Å². The van der Waals surface area contributed by atoms with Gasteiger partial charge >= 0.3 is 0 Å². The van der Waals surface area contributed by atoms with Crippen LogP contribution < -0.4 is 4.72 Å². The lowest BCUT2D eigenvalue weighted by Gasteiger charge is -2.13. The zero-order valence-electron chi connectivity index (χ0n) is 10.9. The Balaban J connectivity index is 2.59. The third-order valence-electron chi connectivity index (χ3n) is 2.62. The largest absolute Gasteiger partial charge is 0.361 e. The molecule has 0 aliphatic heterocycles. The molecule has 1 aromatic rings. The van der Waals surface area contributed by atoms with Gasteiger partial charge in [-0.2, -0.15) is 0 Å². The Bertz CT molecular complexity index is 465. The second kappa shape index (κ2) is 6.54. The molecule has 104 valence electrons. The Morgan fingerprint density at radius 1 is 1.44 bits per heavy atom. The second-order valence-corrected chi connectivity index (χ2v) is 6.64. The van der Waals surface area contributed by atoms with E-state index >= 15 is 0 Å². The highest BCUT2D eigenvalue weighted by molar-refractivity contribution is 7.89. The number of nitrogens with one attached hydrogen (secondary N) is 1. The van der Waals surface area contributed by atoms with E-state index < -0.39 is 10.0 Å². The topological polar surface area (TPSA) is 72.2 Å². The van der Waals surface area contributed by atoms with E-state index in [0.717, 1.165) is 17.0 Å². The summed E-state index contributed by atoms with van der Waals surface area (Å²) >= 11 is 5.49. The summed E-state index contributed by atoms with van der Waals surface area (Å²) in [6.07, 6.45) is 1.02. The molecule has 1 N–H and O–H groups in total. The number of aromatic nitrogens is 1. The fraction of sp³-hybridized carbons (Fsp3) is 0.727. The van der Waals surface area contributed by atoms with Crippen molar-refractivity contribution in [1.29, 1.82) is 0 Å². The average Bonchev–Trinajstić information content (AvgIpc) is 2.57. The SMILES string of the molecule is Cc1noc(C)c1C[C@@H](C)NS(=O)(=O)CCCCl. The second-order valence-electron chi connectivity index (χ2n) is 4.39. The van der Waals surface area contributed by atoms with Gasteiger partial charge in [-0.1, -0.05) is 5.16 Å². The molecule has 0 amide bonds. The van der Waals surface area contributed by atoms with Crippen molar-refractivity contribution >= 4 is 21.6 Å². The van der Waals surface area contributed by atoms with Crippen molar-refractivity contribution in [2.75, 3.05) is 11.6 Å². The van der Waals surface area contributed by atoms with Crippen LogP contribution in [0.2, 0.25) is 0 Å². The number of hydrogen-bond donors (Lipinski definition) is 1. The summed E-state index contributed by atoms with van der Waals surface area (Å²) in [6.45, 7) is 5.49. The van der Waals surface area contributed by atoms with Crippen molar-refractivity contribution < 1.29 is 12.9 Å². The van der Waals surface area contributed by atoms with E-state index in [0.29, 0.717) is 18.7 Å². The lowest BCUT2D eigenvalue weighted by atomic mass is 10.1. The van der Waals surface area contributed by atoms with Gasteiger partial charge in [-0.3, -0.25) is 0 Å². The van der Waals surface area contributed by atoms with Crippen LogP contribution in [0, 0.1) is 13.8 Å². The van der Waals surface area contributed by atoms with Crippen LogP contribution in [0.5, 0.6) is 0 Å². The zero-order chi connectivity index (χ0) is 13.8. The molecular weight excluding hydrogens is 276 g/mol. The minimum absolute atomic E-state index is 0.0580. The Morgan fingerprint density at radius 2 is 2.11 bits per heavy atom. The Hall–Kier alpha value is -0.590. The number of rotatable bonds is 7. The van der Waals surface area contributed by atoms with Crippen LogP contribution in [-0.4, -0.2) is 31.2 Å². The van der Waals surface area contributed by atoms with Crippen molar-refractivity contribution in [3.05, 3.63) is 17.0 Å². The van der Waals surface area contributed by atoms with Gasteiger partial charge in [0.05, 0.1) is 11.4 Å². The maximum atomic E-state index is 11.7. The number of halogens is 1. The van der Waals surface area contributed by atoms with Gasteiger partial charge in [0.1, 0.15) is 5.76 Å². The minimum Gasteiger partial charge on any atom is -0.361 e. The summed E-state index contributed by atoms with van der Waals surface area (Å²) in [6, 6.07) is -0.192. The van der Waals surface area contributed by atoms with Crippen LogP contribution in [0.4, 0.5) is 0 Å². The summed E-state index contributed by atoms with van der Waals surface area (Å²) in [5, 5.41) is 3.85. The highest BCUT2D eigenvalue weighted by Crippen LogP contribution is 2.14. The molecule has 0 aliphatic carbocycles. The lowest BCUT2D eigenvalue weighted by Crippen LogP contribution is -2.36. The average molecular weight is 295 g/mol. The van der Waals surface area contributed by atoms with Gasteiger partial charge in [0, 0.05) is 17.5 Å². The monoisotopic (exact) mass is 294 g/mol. The van der Waals surface area contributed by atoms with Crippen molar-refractivity contribution in [2.45, 2.75) is 39.7 Å². The third kappa shape index (κ3) is 4.59. The van der Waals surface area contributed by atoms with Crippen LogP contribution in [0.25, 0.3) is 0 Å². The molecular formula is C11H19ClN2O3S. The van der Waals surface area contributed by atoms with Gasteiger partial charge in [-0.05, 0) is 33.6 Å². The van der Waals surface area contributed by atoms with E-state index in [-0.39, 0.29) is 11.8 Å². The standard InChI is InChI=1S/C11H19ClN2O3S/c1-8(14-18(15,16)6-4-5-12)7-11-9(2)13-17-10(11)3/h8,14H,4-7H2,1-3H3/t8-/m1/s1. The predicted molar refractivity (Wildman–Crippen MR) is 71.4 cm³/mol. The minimum atomic E-state index is -3.26. The molecule has 0 radical (unpaired) electrons. The summed E-state index contributed by atoms with van der Waals surface area (Å²) in [5.74, 6) is 1.14. The fourth-order valence-corrected chi connectivity index (χ4v) is 3.38. The third-order valence-corrected chi connectivity index (χ3v) is 4.47. The Morgan fingerprint density at radius 3 is 2.61 bits per heavy atom. The van der Waals surface area contributed by atoms with Crippen LogP contribution in [0.1, 0.15) is 30.4 Å². The molecule has 1 rings (SSSR count). The maximum Gasteiger partial charge on any atom is 0.211 e. The summed E-state index contributed by atoms with van der Waals surface area (Å²) in [7, 11) is -3.26. The molecule has 5 nitrogen and oxygen atoms in total. The van der Waals surface area contributed by atoms with E-state index in [4.69, 9.17) is 16.1 Å². The van der Waals surface area contributed by atoms with Crippen LogP contribution in [-0.2, 0) is 16.4 Å². The number of alkyl halides is 1. The molecule has 0 saturated heterocycles. The van der Waals surface area contributed by atoms with Gasteiger partial charge in [0.25, 0.3) is 0 Å². The van der Waals surface area contributed by atoms with E-state index in [9.17, 15) is 8.42 Å². The molecule has 0 aliphatic rings. The summed E-state index contributed by atoms with van der Waals surface area (Å²) in [5.41, 5.74) is 1.77. The molecule has 0 fully saturated rings. The van der Waals surface area contributed by atoms with Gasteiger partial charge in [-0.15, -0.1) is 11.6 Å². The normalized spacial score (nSPS) is 13.8. The van der Waals surface area contributed by atoms with Crippen molar-refractivity contribution in [3.63, 3.8) is 0 Å². The van der Waals surface area contributed by atoms with Crippen LogP contribution in [0.3, 0.4) is 0 Å². The first-order valence-electron chi connectivity index (χ1n) is 5.83. The van der Waals surface area contributed by atoms with Gasteiger partial charge < -0.3 is 4.52 Å². The zero-order valence-corrected chi connectivity index (χ0v) is 12.4. The molecule has 0 aromatic carbocycles. The van der Waals surface area contributed by atoms with Gasteiger partial charge in [0.15, 0.2) is 0 Å². The molecule has 0 bridgehead atoms. The van der Waals surface area contributed by atoms with Crippen molar-refractivity contribution in [1.82, 2.24) is 9.88 Å². The first kappa shape index (κ1) is 15.5. The smallest absolute Gasteiger partial charge is 0.211 e. The Kier molecular flexibility index (Phi) is 5.62. The molecule has 0 unspecified atom stereocenters. The molecule has 1 atom stereocenters. The van der Waals surface area contributed by atoms with Crippen LogP contribution >= 0.6 is 11.6 Å². The number of aryl methyl sites for hydroxylation is 2. The van der Waals surface area contributed by atoms with Crippen molar-refractivity contribution in [2.24, 2.45) is 0 Å². The highest BCUT2D eigenvalue weighted by Gasteiger charge is 2.17. The van der Waals surface area contributed by atoms with E-state index in [1.807, 2.05) is 20.8 Å². The highest BCUT2D eigenvalue weighted by atomic mass is 35.5. The number of hydrogen-bond acceptors (Lipinski definition) is 4. The first-order valence-corrected chi connectivity index (χ1v) is 8.02. The fourth-order valence-electron chi connectivity index (χ4n) is 1.75. The molecule has 1 heterocycles. The lowest BCUT2D eigenvalue weighted by molar-refractivity contribution is 0.392. The molecule has 1 aromatic heterocycles. The maximum absolute atomic E-state index is 11.7. The van der Waals surface area contributed by atoms with E-state index in [1.165, 1.54) is 0 Å².